The zero-order valence-electron chi connectivity index (χ0n) is 9.99. The number of carbonyl (C=O) groups is 1. The maximum absolute atomic E-state index is 11.6. The van der Waals surface area contributed by atoms with Crippen LogP contribution in [0.4, 0.5) is 0 Å². The Morgan fingerprint density at radius 3 is 2.75 bits per heavy atom. The van der Waals surface area contributed by atoms with Crippen LogP contribution in [0.2, 0.25) is 0 Å². The largest absolute Gasteiger partial charge is 0.352 e. The van der Waals surface area contributed by atoms with E-state index in [1.165, 1.54) is 32.1 Å². The van der Waals surface area contributed by atoms with Gasteiger partial charge in [0.15, 0.2) is 0 Å². The number of hydrogen-bond donors (Lipinski definition) is 2. The molecule has 3 fully saturated rings. The Bertz CT molecular complexity index is 302. The third-order valence-electron chi connectivity index (χ3n) is 5.17. The fraction of sp³-hybridized carbons (Fsp3) is 0.923. The number of amides is 1. The van der Waals surface area contributed by atoms with Crippen LogP contribution in [-0.2, 0) is 4.79 Å². The molecule has 90 valence electrons. The van der Waals surface area contributed by atoms with Crippen LogP contribution in [0.25, 0.3) is 0 Å². The first-order valence-corrected chi connectivity index (χ1v) is 6.72. The summed E-state index contributed by atoms with van der Waals surface area (Å²) >= 11 is 0. The van der Waals surface area contributed by atoms with Gasteiger partial charge in [-0.2, -0.15) is 0 Å². The maximum Gasteiger partial charge on any atom is 0.236 e. The van der Waals surface area contributed by atoms with Crippen molar-refractivity contribution in [3.05, 3.63) is 0 Å². The van der Waals surface area contributed by atoms with E-state index in [0.29, 0.717) is 6.04 Å². The number of carbonyl (C=O) groups excluding carboxylic acids is 1. The molecule has 0 aliphatic heterocycles. The highest BCUT2D eigenvalue weighted by Crippen LogP contribution is 2.58. The zero-order valence-corrected chi connectivity index (χ0v) is 9.99. The van der Waals surface area contributed by atoms with E-state index < -0.39 is 0 Å². The summed E-state index contributed by atoms with van der Waals surface area (Å²) in [7, 11) is 0. The zero-order chi connectivity index (χ0) is 11.3. The number of hydrogen-bond acceptors (Lipinski definition) is 2. The summed E-state index contributed by atoms with van der Waals surface area (Å²) in [6.07, 6.45) is 6.83. The average Bonchev–Trinajstić information content (AvgIpc) is 2.87. The van der Waals surface area contributed by atoms with Gasteiger partial charge in [-0.1, -0.05) is 6.42 Å². The summed E-state index contributed by atoms with van der Waals surface area (Å²) < 4.78 is 0. The van der Waals surface area contributed by atoms with E-state index in [-0.39, 0.29) is 11.9 Å². The Hall–Kier alpha value is -0.570. The fourth-order valence-corrected chi connectivity index (χ4v) is 4.55. The number of nitrogens with one attached hydrogen (secondary N) is 1. The maximum atomic E-state index is 11.6. The predicted octanol–water partition coefficient (Wildman–Crippen LogP) is 1.27. The molecule has 3 N–H and O–H groups in total. The topological polar surface area (TPSA) is 55.1 Å². The van der Waals surface area contributed by atoms with Crippen LogP contribution < -0.4 is 11.1 Å². The van der Waals surface area contributed by atoms with Crippen LogP contribution in [0.3, 0.4) is 0 Å². The molecule has 0 aromatic heterocycles. The minimum Gasteiger partial charge on any atom is -0.352 e. The van der Waals surface area contributed by atoms with Crippen LogP contribution in [-0.4, -0.2) is 18.0 Å². The Labute approximate surface area is 97.2 Å². The summed E-state index contributed by atoms with van der Waals surface area (Å²) in [6.45, 7) is 1.76. The van der Waals surface area contributed by atoms with Gasteiger partial charge in [-0.3, -0.25) is 4.79 Å². The van der Waals surface area contributed by atoms with Gasteiger partial charge in [0.2, 0.25) is 5.91 Å². The lowest BCUT2D eigenvalue weighted by atomic mass is 9.79. The van der Waals surface area contributed by atoms with Gasteiger partial charge in [0.25, 0.3) is 0 Å². The van der Waals surface area contributed by atoms with E-state index in [9.17, 15) is 4.79 Å². The van der Waals surface area contributed by atoms with Gasteiger partial charge < -0.3 is 11.1 Å². The number of nitrogens with two attached hydrogens (primary N) is 1. The second kappa shape index (κ2) is 3.73. The first-order valence-electron chi connectivity index (χ1n) is 6.72. The van der Waals surface area contributed by atoms with Crippen LogP contribution in [0.1, 0.15) is 39.0 Å². The van der Waals surface area contributed by atoms with Crippen molar-refractivity contribution in [2.24, 2.45) is 29.4 Å². The van der Waals surface area contributed by atoms with Gasteiger partial charge >= 0.3 is 0 Å². The van der Waals surface area contributed by atoms with Crippen molar-refractivity contribution < 1.29 is 4.79 Å². The fourth-order valence-electron chi connectivity index (χ4n) is 4.55. The van der Waals surface area contributed by atoms with Crippen molar-refractivity contribution >= 4 is 5.91 Å². The lowest BCUT2D eigenvalue weighted by Gasteiger charge is -2.32. The summed E-state index contributed by atoms with van der Waals surface area (Å²) in [6, 6.07) is 0.0707. The Morgan fingerprint density at radius 1 is 1.25 bits per heavy atom. The van der Waals surface area contributed by atoms with Crippen molar-refractivity contribution in [2.75, 3.05) is 0 Å². The lowest BCUT2D eigenvalue weighted by Crippen LogP contribution is -2.47. The normalized spacial score (nSPS) is 46.8. The second-order valence-electron chi connectivity index (χ2n) is 6.06. The molecule has 6 atom stereocenters. The Balaban J connectivity index is 1.66. The van der Waals surface area contributed by atoms with Crippen molar-refractivity contribution in [2.45, 2.75) is 51.1 Å². The first kappa shape index (κ1) is 10.6. The van der Waals surface area contributed by atoms with Crippen molar-refractivity contribution in [3.8, 4) is 0 Å². The lowest BCUT2D eigenvalue weighted by molar-refractivity contribution is -0.123. The number of rotatable bonds is 2. The van der Waals surface area contributed by atoms with Crippen LogP contribution in [0.5, 0.6) is 0 Å². The van der Waals surface area contributed by atoms with Gasteiger partial charge in [0.05, 0.1) is 6.04 Å². The molecule has 0 heterocycles. The van der Waals surface area contributed by atoms with E-state index in [1.54, 1.807) is 6.92 Å². The van der Waals surface area contributed by atoms with E-state index >= 15 is 0 Å². The van der Waals surface area contributed by atoms with Crippen molar-refractivity contribution in [3.63, 3.8) is 0 Å². The minimum atomic E-state index is -0.362. The average molecular weight is 222 g/mol. The molecule has 3 aliphatic rings. The van der Waals surface area contributed by atoms with E-state index in [1.807, 2.05) is 0 Å². The van der Waals surface area contributed by atoms with Crippen molar-refractivity contribution in [1.82, 2.24) is 5.32 Å². The van der Waals surface area contributed by atoms with Crippen LogP contribution in [0, 0.1) is 23.7 Å². The molecule has 0 saturated heterocycles. The van der Waals surface area contributed by atoms with Gasteiger partial charge in [-0.15, -0.1) is 0 Å². The first-order chi connectivity index (χ1) is 7.66. The van der Waals surface area contributed by atoms with E-state index in [4.69, 9.17) is 5.73 Å². The monoisotopic (exact) mass is 222 g/mol. The Kier molecular flexibility index (Phi) is 2.46. The molecule has 3 aliphatic carbocycles. The molecule has 3 saturated carbocycles. The van der Waals surface area contributed by atoms with Crippen molar-refractivity contribution in [1.29, 1.82) is 0 Å². The molecule has 3 nitrogen and oxygen atoms in total. The molecular weight excluding hydrogens is 200 g/mol. The highest BCUT2D eigenvalue weighted by molar-refractivity contribution is 5.81. The molecule has 0 aromatic carbocycles. The molecule has 0 spiro atoms. The molecule has 1 amide bonds. The molecule has 0 aromatic rings. The summed E-state index contributed by atoms with van der Waals surface area (Å²) in [4.78, 5) is 11.6. The highest BCUT2D eigenvalue weighted by atomic mass is 16.2. The smallest absolute Gasteiger partial charge is 0.236 e. The summed E-state index contributed by atoms with van der Waals surface area (Å²) in [5.74, 6) is 3.61. The van der Waals surface area contributed by atoms with Crippen LogP contribution in [0.15, 0.2) is 0 Å². The quantitative estimate of drug-likeness (QED) is 0.739. The SMILES string of the molecule is C[C@H](N)C(=O)NC1CC2CC1C1CCCC21. The minimum absolute atomic E-state index is 0.0343. The number of fused-ring (bicyclic) bond motifs is 5. The van der Waals surface area contributed by atoms with Gasteiger partial charge in [0.1, 0.15) is 0 Å². The Morgan fingerprint density at radius 2 is 2.00 bits per heavy atom. The van der Waals surface area contributed by atoms with E-state index in [2.05, 4.69) is 5.32 Å². The molecule has 3 rings (SSSR count). The molecule has 2 bridgehead atoms. The molecule has 16 heavy (non-hydrogen) atoms. The molecular formula is C13H22N2O. The third kappa shape index (κ3) is 1.48. The molecule has 5 unspecified atom stereocenters. The summed E-state index contributed by atoms with van der Waals surface area (Å²) in [5, 5.41) is 3.16. The van der Waals surface area contributed by atoms with Gasteiger partial charge in [-0.05, 0) is 56.3 Å². The standard InChI is InChI=1S/C13H22N2O/c1-7(14)13(16)15-12-6-8-5-11(12)10-4-2-3-9(8)10/h7-12H,2-6,14H2,1H3,(H,15,16)/t7-,8?,9?,10?,11?,12?/m0/s1. The molecule has 3 heteroatoms. The highest BCUT2D eigenvalue weighted by Gasteiger charge is 2.54. The predicted molar refractivity (Wildman–Crippen MR) is 62.6 cm³/mol. The van der Waals surface area contributed by atoms with E-state index in [0.717, 1.165) is 23.7 Å². The summed E-state index contributed by atoms with van der Waals surface area (Å²) in [5.41, 5.74) is 5.61. The van der Waals surface area contributed by atoms with Gasteiger partial charge in [-0.25, -0.2) is 0 Å². The third-order valence-corrected chi connectivity index (χ3v) is 5.17. The molecule has 0 radical (unpaired) electrons. The van der Waals surface area contributed by atoms with Gasteiger partial charge in [0, 0.05) is 6.04 Å². The second-order valence-corrected chi connectivity index (χ2v) is 6.06. The van der Waals surface area contributed by atoms with Crippen LogP contribution >= 0.6 is 0 Å².